The van der Waals surface area contributed by atoms with Crippen LogP contribution in [0.15, 0.2) is 60.9 Å². The molecule has 33 heavy (non-hydrogen) atoms. The number of anilines is 1. The third kappa shape index (κ3) is 5.28. The zero-order chi connectivity index (χ0) is 23.2. The molecule has 1 aliphatic heterocycles. The Morgan fingerprint density at radius 2 is 1.67 bits per heavy atom. The lowest BCUT2D eigenvalue weighted by atomic mass is 10.1. The van der Waals surface area contributed by atoms with Gasteiger partial charge in [0.05, 0.1) is 19.9 Å². The first-order valence-electron chi connectivity index (χ1n) is 10.6. The van der Waals surface area contributed by atoms with Crippen LogP contribution in [0.3, 0.4) is 0 Å². The molecule has 8 heteroatoms. The lowest BCUT2D eigenvalue weighted by Crippen LogP contribution is -2.48. The van der Waals surface area contributed by atoms with Crippen LogP contribution in [0.25, 0.3) is 17.3 Å². The summed E-state index contributed by atoms with van der Waals surface area (Å²) in [6, 6.07) is 13.6. The van der Waals surface area contributed by atoms with E-state index in [0.29, 0.717) is 37.7 Å². The van der Waals surface area contributed by atoms with Crippen LogP contribution in [0, 0.1) is 5.82 Å². The molecular formula is C25H25FN4O3. The second-order valence-electron chi connectivity index (χ2n) is 7.53. The van der Waals surface area contributed by atoms with Crippen LogP contribution < -0.4 is 14.4 Å². The number of hydrogen-bond acceptors (Lipinski definition) is 6. The summed E-state index contributed by atoms with van der Waals surface area (Å²) < 4.78 is 23.8. The Balaban J connectivity index is 1.37. The summed E-state index contributed by atoms with van der Waals surface area (Å²) >= 11 is 0. The Morgan fingerprint density at radius 3 is 2.36 bits per heavy atom. The minimum Gasteiger partial charge on any atom is -0.493 e. The lowest BCUT2D eigenvalue weighted by molar-refractivity contribution is -0.126. The number of hydrogen-bond donors (Lipinski definition) is 0. The molecule has 0 bridgehead atoms. The molecule has 1 amide bonds. The van der Waals surface area contributed by atoms with E-state index in [4.69, 9.17) is 9.47 Å². The fourth-order valence-electron chi connectivity index (χ4n) is 3.68. The Kier molecular flexibility index (Phi) is 6.83. The second-order valence-corrected chi connectivity index (χ2v) is 7.53. The third-order valence-corrected chi connectivity index (χ3v) is 5.53. The molecule has 0 atom stereocenters. The van der Waals surface area contributed by atoms with Crippen molar-refractivity contribution in [2.45, 2.75) is 0 Å². The topological polar surface area (TPSA) is 67.8 Å². The maximum absolute atomic E-state index is 13.2. The summed E-state index contributed by atoms with van der Waals surface area (Å²) in [5.41, 5.74) is 2.42. The van der Waals surface area contributed by atoms with Crippen molar-refractivity contribution in [2.75, 3.05) is 45.3 Å². The highest BCUT2D eigenvalue weighted by molar-refractivity contribution is 5.92. The lowest BCUT2D eigenvalue weighted by Gasteiger charge is -2.35. The summed E-state index contributed by atoms with van der Waals surface area (Å²) in [5.74, 6) is 1.72. The molecule has 0 unspecified atom stereocenters. The van der Waals surface area contributed by atoms with Crippen LogP contribution in [0.2, 0.25) is 0 Å². The number of benzene rings is 2. The average molecular weight is 448 g/mol. The molecule has 1 saturated heterocycles. The maximum Gasteiger partial charge on any atom is 0.246 e. The van der Waals surface area contributed by atoms with Gasteiger partial charge in [0.15, 0.2) is 11.5 Å². The highest BCUT2D eigenvalue weighted by atomic mass is 19.1. The molecule has 1 aliphatic rings. The normalized spacial score (nSPS) is 13.9. The first kappa shape index (κ1) is 22.3. The summed E-state index contributed by atoms with van der Waals surface area (Å²) in [5, 5.41) is 0. The maximum atomic E-state index is 13.2. The summed E-state index contributed by atoms with van der Waals surface area (Å²) in [7, 11) is 3.16. The van der Waals surface area contributed by atoms with Gasteiger partial charge in [-0.3, -0.25) is 4.79 Å². The Morgan fingerprint density at radius 1 is 0.939 bits per heavy atom. The molecule has 4 rings (SSSR count). The van der Waals surface area contributed by atoms with Gasteiger partial charge in [0.25, 0.3) is 0 Å². The zero-order valence-electron chi connectivity index (χ0n) is 18.6. The number of aromatic nitrogens is 2. The highest BCUT2D eigenvalue weighted by Crippen LogP contribution is 2.28. The third-order valence-electron chi connectivity index (χ3n) is 5.53. The molecule has 0 spiro atoms. The SMILES string of the molecule is COc1ccc(/C=C\C(=O)N2CCN(c3cc(-c4ccc(F)cc4)ncn3)CC2)cc1OC. The van der Waals surface area contributed by atoms with Gasteiger partial charge < -0.3 is 19.3 Å². The van der Waals surface area contributed by atoms with Crippen molar-refractivity contribution in [3.63, 3.8) is 0 Å². The van der Waals surface area contributed by atoms with Crippen molar-refractivity contribution in [1.82, 2.24) is 14.9 Å². The van der Waals surface area contributed by atoms with Gasteiger partial charge in [-0.2, -0.15) is 0 Å². The Bertz CT molecular complexity index is 1140. The number of piperazine rings is 1. The predicted octanol–water partition coefficient (Wildman–Crippen LogP) is 3.66. The molecule has 170 valence electrons. The van der Waals surface area contributed by atoms with Gasteiger partial charge in [-0.25, -0.2) is 14.4 Å². The molecule has 0 aliphatic carbocycles. The quantitative estimate of drug-likeness (QED) is 0.536. The standard InChI is InChI=1S/C25H25FN4O3/c1-32-22-9-3-18(15-23(22)33-2)4-10-25(31)30-13-11-29(12-14-30)24-16-21(27-17-28-24)19-5-7-20(26)8-6-19/h3-10,15-17H,11-14H2,1-2H3/b10-4-. The van der Waals surface area contributed by atoms with E-state index in [1.807, 2.05) is 29.2 Å². The van der Waals surface area contributed by atoms with E-state index in [1.54, 1.807) is 38.5 Å². The van der Waals surface area contributed by atoms with Gasteiger partial charge in [0, 0.05) is 43.9 Å². The van der Waals surface area contributed by atoms with E-state index in [-0.39, 0.29) is 11.7 Å². The molecule has 0 N–H and O–H groups in total. The molecular weight excluding hydrogens is 423 g/mol. The summed E-state index contributed by atoms with van der Waals surface area (Å²) in [6.07, 6.45) is 4.86. The first-order chi connectivity index (χ1) is 16.1. The number of methoxy groups -OCH3 is 2. The van der Waals surface area contributed by atoms with Gasteiger partial charge >= 0.3 is 0 Å². The zero-order valence-corrected chi connectivity index (χ0v) is 18.6. The van der Waals surface area contributed by atoms with Crippen molar-refractivity contribution in [3.8, 4) is 22.8 Å². The molecule has 0 radical (unpaired) electrons. The first-order valence-corrected chi connectivity index (χ1v) is 10.6. The highest BCUT2D eigenvalue weighted by Gasteiger charge is 2.21. The molecule has 1 aromatic heterocycles. The monoisotopic (exact) mass is 448 g/mol. The minimum absolute atomic E-state index is 0.0425. The Hall–Kier alpha value is -3.94. The van der Waals surface area contributed by atoms with E-state index in [0.717, 1.165) is 22.6 Å². The van der Waals surface area contributed by atoms with Crippen LogP contribution in [0.5, 0.6) is 11.5 Å². The number of carbonyl (C=O) groups is 1. The van der Waals surface area contributed by atoms with Crippen LogP contribution in [-0.2, 0) is 4.79 Å². The van der Waals surface area contributed by atoms with Gasteiger partial charge in [0.1, 0.15) is 18.0 Å². The van der Waals surface area contributed by atoms with Crippen molar-refractivity contribution in [3.05, 3.63) is 72.3 Å². The molecule has 7 nitrogen and oxygen atoms in total. The number of ether oxygens (including phenoxy) is 2. The number of rotatable bonds is 6. The van der Waals surface area contributed by atoms with Crippen molar-refractivity contribution in [1.29, 1.82) is 0 Å². The van der Waals surface area contributed by atoms with Gasteiger partial charge in [-0.1, -0.05) is 6.07 Å². The number of nitrogens with zero attached hydrogens (tertiary/aromatic N) is 4. The van der Waals surface area contributed by atoms with E-state index >= 15 is 0 Å². The van der Waals surface area contributed by atoms with Crippen molar-refractivity contribution < 1.29 is 18.7 Å². The summed E-state index contributed by atoms with van der Waals surface area (Å²) in [4.78, 5) is 25.3. The van der Waals surface area contributed by atoms with Crippen LogP contribution in [0.1, 0.15) is 5.56 Å². The van der Waals surface area contributed by atoms with Gasteiger partial charge in [0.2, 0.25) is 5.91 Å². The minimum atomic E-state index is -0.283. The molecule has 3 aromatic rings. The van der Waals surface area contributed by atoms with E-state index in [9.17, 15) is 9.18 Å². The molecule has 0 saturated carbocycles. The fourth-order valence-corrected chi connectivity index (χ4v) is 3.68. The van der Waals surface area contributed by atoms with Crippen LogP contribution in [0.4, 0.5) is 10.2 Å². The van der Waals surface area contributed by atoms with E-state index in [1.165, 1.54) is 18.5 Å². The second kappa shape index (κ2) is 10.1. The van der Waals surface area contributed by atoms with Gasteiger partial charge in [-0.05, 0) is 48.0 Å². The average Bonchev–Trinajstić information content (AvgIpc) is 2.87. The van der Waals surface area contributed by atoms with E-state index < -0.39 is 0 Å². The van der Waals surface area contributed by atoms with Crippen molar-refractivity contribution >= 4 is 17.8 Å². The predicted molar refractivity (Wildman–Crippen MR) is 125 cm³/mol. The number of carbonyl (C=O) groups excluding carboxylic acids is 1. The van der Waals surface area contributed by atoms with Crippen LogP contribution in [-0.4, -0.2) is 61.2 Å². The molecule has 2 heterocycles. The van der Waals surface area contributed by atoms with E-state index in [2.05, 4.69) is 14.9 Å². The number of amides is 1. The number of halogens is 1. The smallest absolute Gasteiger partial charge is 0.246 e. The Labute approximate surface area is 192 Å². The summed E-state index contributed by atoms with van der Waals surface area (Å²) in [6.45, 7) is 2.50. The van der Waals surface area contributed by atoms with Gasteiger partial charge in [-0.15, -0.1) is 0 Å². The largest absolute Gasteiger partial charge is 0.493 e. The fraction of sp³-hybridized carbons (Fsp3) is 0.240. The van der Waals surface area contributed by atoms with Crippen LogP contribution >= 0.6 is 0 Å². The van der Waals surface area contributed by atoms with Crippen molar-refractivity contribution in [2.24, 2.45) is 0 Å². The molecule has 1 fully saturated rings. The molecule has 2 aromatic carbocycles.